The van der Waals surface area contributed by atoms with E-state index in [1.807, 2.05) is 44.2 Å². The molecule has 0 unspecified atom stereocenters. The number of hydrogen-bond donors (Lipinski definition) is 1. The molecule has 0 heterocycles. The Morgan fingerprint density at radius 2 is 1.67 bits per heavy atom. The molecule has 18 heavy (non-hydrogen) atoms. The fourth-order valence-electron chi connectivity index (χ4n) is 2.14. The Bertz CT molecular complexity index is 405. The first kappa shape index (κ1) is 14.4. The number of benzene rings is 1. The van der Waals surface area contributed by atoms with E-state index in [1.54, 1.807) is 0 Å². The quantitative estimate of drug-likeness (QED) is 0.806. The van der Waals surface area contributed by atoms with Gasteiger partial charge >= 0.3 is 5.97 Å². The largest absolute Gasteiger partial charge is 0.481 e. The van der Waals surface area contributed by atoms with E-state index in [1.165, 1.54) is 0 Å². The van der Waals surface area contributed by atoms with Crippen LogP contribution < -0.4 is 0 Å². The number of Topliss-reactive ketones (excluding diaryl/α,β-unsaturated/α-hetero) is 1. The van der Waals surface area contributed by atoms with Crippen molar-refractivity contribution in [1.82, 2.24) is 0 Å². The molecule has 0 bridgehead atoms. The van der Waals surface area contributed by atoms with Crippen molar-refractivity contribution < 1.29 is 14.7 Å². The van der Waals surface area contributed by atoms with Gasteiger partial charge in [0.05, 0.1) is 5.41 Å². The molecule has 1 aromatic rings. The van der Waals surface area contributed by atoms with Crippen molar-refractivity contribution in [3.63, 3.8) is 0 Å². The minimum Gasteiger partial charge on any atom is -0.481 e. The smallest absolute Gasteiger partial charge is 0.310 e. The SMILES string of the molecule is CCC(CC)(CC(=O)Cc1ccccc1)C(=O)O. The predicted octanol–water partition coefficient (Wildman–Crippen LogP) is 3.08. The lowest BCUT2D eigenvalue weighted by Gasteiger charge is -2.25. The lowest BCUT2D eigenvalue weighted by Crippen LogP contribution is -2.32. The average molecular weight is 248 g/mol. The van der Waals surface area contributed by atoms with Crippen molar-refractivity contribution >= 4 is 11.8 Å². The van der Waals surface area contributed by atoms with Crippen LogP contribution in [0.3, 0.4) is 0 Å². The molecule has 0 saturated carbocycles. The summed E-state index contributed by atoms with van der Waals surface area (Å²) in [4.78, 5) is 23.3. The van der Waals surface area contributed by atoms with Gasteiger partial charge in [0.15, 0.2) is 0 Å². The molecule has 98 valence electrons. The van der Waals surface area contributed by atoms with Crippen LogP contribution in [0.4, 0.5) is 0 Å². The van der Waals surface area contributed by atoms with Crippen molar-refractivity contribution in [1.29, 1.82) is 0 Å². The molecule has 1 aromatic carbocycles. The fourth-order valence-corrected chi connectivity index (χ4v) is 2.14. The van der Waals surface area contributed by atoms with E-state index in [2.05, 4.69) is 0 Å². The van der Waals surface area contributed by atoms with E-state index in [0.717, 1.165) is 5.56 Å². The predicted molar refractivity (Wildman–Crippen MR) is 70.4 cm³/mol. The number of carboxylic acid groups (broad SMARTS) is 1. The van der Waals surface area contributed by atoms with Crippen molar-refractivity contribution in [3.05, 3.63) is 35.9 Å². The summed E-state index contributed by atoms with van der Waals surface area (Å²) in [5, 5.41) is 9.29. The average Bonchev–Trinajstić information content (AvgIpc) is 2.37. The molecule has 3 nitrogen and oxygen atoms in total. The summed E-state index contributed by atoms with van der Waals surface area (Å²) in [5.74, 6) is -0.874. The third-order valence-electron chi connectivity index (χ3n) is 3.59. The van der Waals surface area contributed by atoms with E-state index in [-0.39, 0.29) is 12.2 Å². The van der Waals surface area contributed by atoms with Gasteiger partial charge in [-0.25, -0.2) is 0 Å². The Hall–Kier alpha value is -1.64. The summed E-state index contributed by atoms with van der Waals surface area (Å²) in [6.07, 6.45) is 1.40. The molecule has 0 aliphatic rings. The molecule has 0 atom stereocenters. The molecule has 3 heteroatoms. The van der Waals surface area contributed by atoms with Crippen LogP contribution in [0.15, 0.2) is 30.3 Å². The topological polar surface area (TPSA) is 54.4 Å². The zero-order chi connectivity index (χ0) is 13.6. The summed E-state index contributed by atoms with van der Waals surface area (Å²) in [6, 6.07) is 9.43. The van der Waals surface area contributed by atoms with Crippen LogP contribution in [0.25, 0.3) is 0 Å². The number of ketones is 1. The van der Waals surface area contributed by atoms with Gasteiger partial charge in [0.2, 0.25) is 0 Å². The number of rotatable bonds is 7. The maximum absolute atomic E-state index is 12.0. The molecular weight excluding hydrogens is 228 g/mol. The first-order valence-electron chi connectivity index (χ1n) is 6.33. The highest BCUT2D eigenvalue weighted by Gasteiger charge is 2.36. The van der Waals surface area contributed by atoms with Crippen LogP contribution in [0.5, 0.6) is 0 Å². The normalized spacial score (nSPS) is 11.2. The van der Waals surface area contributed by atoms with Crippen LogP contribution >= 0.6 is 0 Å². The number of carbonyl (C=O) groups excluding carboxylic acids is 1. The molecule has 0 saturated heterocycles. The van der Waals surface area contributed by atoms with Gasteiger partial charge in [-0.05, 0) is 18.4 Å². The minimum atomic E-state index is -0.897. The maximum Gasteiger partial charge on any atom is 0.310 e. The summed E-state index contributed by atoms with van der Waals surface area (Å²) in [6.45, 7) is 3.65. The summed E-state index contributed by atoms with van der Waals surface area (Å²) in [7, 11) is 0. The van der Waals surface area contributed by atoms with Gasteiger partial charge in [0.25, 0.3) is 0 Å². The Balaban J connectivity index is 2.71. The molecule has 1 N–H and O–H groups in total. The first-order chi connectivity index (χ1) is 8.54. The molecule has 0 spiro atoms. The highest BCUT2D eigenvalue weighted by molar-refractivity contribution is 5.87. The molecule has 0 radical (unpaired) electrons. The fraction of sp³-hybridized carbons (Fsp3) is 0.467. The molecule has 0 aliphatic carbocycles. The van der Waals surface area contributed by atoms with Gasteiger partial charge in [0.1, 0.15) is 5.78 Å². The highest BCUT2D eigenvalue weighted by atomic mass is 16.4. The van der Waals surface area contributed by atoms with E-state index in [9.17, 15) is 14.7 Å². The standard InChI is InChI=1S/C15H20O3/c1-3-15(4-2,14(17)18)11-13(16)10-12-8-6-5-7-9-12/h5-9H,3-4,10-11H2,1-2H3,(H,17,18). The van der Waals surface area contributed by atoms with Crippen LogP contribution in [0, 0.1) is 5.41 Å². The van der Waals surface area contributed by atoms with Crippen LogP contribution in [0.1, 0.15) is 38.7 Å². The van der Waals surface area contributed by atoms with E-state index >= 15 is 0 Å². The second kappa shape index (κ2) is 6.34. The number of aliphatic carboxylic acids is 1. The third-order valence-corrected chi connectivity index (χ3v) is 3.59. The first-order valence-corrected chi connectivity index (χ1v) is 6.33. The van der Waals surface area contributed by atoms with Crippen LogP contribution in [0.2, 0.25) is 0 Å². The van der Waals surface area contributed by atoms with Crippen molar-refractivity contribution in [2.24, 2.45) is 5.41 Å². The lowest BCUT2D eigenvalue weighted by molar-refractivity contribution is -0.152. The monoisotopic (exact) mass is 248 g/mol. The lowest BCUT2D eigenvalue weighted by atomic mass is 9.77. The van der Waals surface area contributed by atoms with Crippen molar-refractivity contribution in [2.75, 3.05) is 0 Å². The highest BCUT2D eigenvalue weighted by Crippen LogP contribution is 2.31. The third kappa shape index (κ3) is 3.42. The molecule has 0 amide bonds. The summed E-state index contributed by atoms with van der Waals surface area (Å²) in [5.41, 5.74) is 0.0419. The maximum atomic E-state index is 12.0. The molecule has 0 aromatic heterocycles. The Morgan fingerprint density at radius 1 is 1.11 bits per heavy atom. The Labute approximate surface area is 108 Å². The second-order valence-corrected chi connectivity index (χ2v) is 4.67. The van der Waals surface area contributed by atoms with Gasteiger partial charge in [-0.2, -0.15) is 0 Å². The van der Waals surface area contributed by atoms with Crippen LogP contribution in [-0.4, -0.2) is 16.9 Å². The molecule has 0 fully saturated rings. The van der Waals surface area contributed by atoms with Gasteiger partial charge in [-0.3, -0.25) is 9.59 Å². The van der Waals surface area contributed by atoms with E-state index in [4.69, 9.17) is 0 Å². The molecular formula is C15H20O3. The number of hydrogen-bond acceptors (Lipinski definition) is 2. The Kier molecular flexibility index (Phi) is 5.08. The van der Waals surface area contributed by atoms with Crippen LogP contribution in [-0.2, 0) is 16.0 Å². The van der Waals surface area contributed by atoms with Gasteiger partial charge in [-0.15, -0.1) is 0 Å². The van der Waals surface area contributed by atoms with Gasteiger partial charge < -0.3 is 5.11 Å². The zero-order valence-electron chi connectivity index (χ0n) is 11.0. The van der Waals surface area contributed by atoms with Crippen molar-refractivity contribution in [2.45, 2.75) is 39.5 Å². The Morgan fingerprint density at radius 3 is 2.11 bits per heavy atom. The van der Waals surface area contributed by atoms with E-state index in [0.29, 0.717) is 19.3 Å². The zero-order valence-corrected chi connectivity index (χ0v) is 11.0. The summed E-state index contributed by atoms with van der Waals surface area (Å²) >= 11 is 0. The number of carbonyl (C=O) groups is 2. The van der Waals surface area contributed by atoms with Crippen molar-refractivity contribution in [3.8, 4) is 0 Å². The molecule has 0 aliphatic heterocycles. The number of carboxylic acids is 1. The van der Waals surface area contributed by atoms with E-state index < -0.39 is 11.4 Å². The van der Waals surface area contributed by atoms with Gasteiger partial charge in [0, 0.05) is 12.8 Å². The van der Waals surface area contributed by atoms with Gasteiger partial charge in [-0.1, -0.05) is 44.2 Å². The molecule has 1 rings (SSSR count). The summed E-state index contributed by atoms with van der Waals surface area (Å²) < 4.78 is 0. The second-order valence-electron chi connectivity index (χ2n) is 4.67. The minimum absolute atomic E-state index is 0.00713.